The molecule has 0 aromatic rings. The first-order chi connectivity index (χ1) is 9.20. The largest absolute Gasteiger partial charge is 0.375 e. The first-order valence-corrected chi connectivity index (χ1v) is 7.79. The SMILES string of the molecule is CCCCCCCC(CCOCC(F)F)NCCC. The molecule has 0 aromatic heterocycles. The maximum absolute atomic E-state index is 11.9. The van der Waals surface area contributed by atoms with Gasteiger partial charge in [0.2, 0.25) is 0 Å². The zero-order valence-electron chi connectivity index (χ0n) is 12.6. The molecule has 0 rings (SSSR count). The van der Waals surface area contributed by atoms with E-state index in [1.165, 1.54) is 32.1 Å². The number of ether oxygens (including phenoxy) is 1. The van der Waals surface area contributed by atoms with E-state index >= 15 is 0 Å². The fraction of sp³-hybridized carbons (Fsp3) is 1.00. The van der Waals surface area contributed by atoms with E-state index in [1.54, 1.807) is 0 Å². The summed E-state index contributed by atoms with van der Waals surface area (Å²) < 4.78 is 28.8. The summed E-state index contributed by atoms with van der Waals surface area (Å²) in [6.45, 7) is 5.34. The lowest BCUT2D eigenvalue weighted by atomic mass is 10.0. The predicted octanol–water partition coefficient (Wildman–Crippen LogP) is 4.39. The second-order valence-electron chi connectivity index (χ2n) is 5.11. The smallest absolute Gasteiger partial charge is 0.261 e. The van der Waals surface area contributed by atoms with Crippen molar-refractivity contribution < 1.29 is 13.5 Å². The van der Waals surface area contributed by atoms with Crippen LogP contribution in [0.4, 0.5) is 8.78 Å². The van der Waals surface area contributed by atoms with Crippen LogP contribution in [0.1, 0.15) is 65.2 Å². The number of unbranched alkanes of at least 4 members (excludes halogenated alkanes) is 4. The summed E-state index contributed by atoms with van der Waals surface area (Å²) in [5.41, 5.74) is 0. The van der Waals surface area contributed by atoms with E-state index in [0.29, 0.717) is 12.6 Å². The van der Waals surface area contributed by atoms with Crippen LogP contribution in [0, 0.1) is 0 Å². The molecule has 19 heavy (non-hydrogen) atoms. The van der Waals surface area contributed by atoms with Crippen molar-refractivity contribution in [3.05, 3.63) is 0 Å². The lowest BCUT2D eigenvalue weighted by Crippen LogP contribution is -2.31. The third-order valence-electron chi connectivity index (χ3n) is 3.19. The van der Waals surface area contributed by atoms with Crippen molar-refractivity contribution in [3.63, 3.8) is 0 Å². The van der Waals surface area contributed by atoms with Gasteiger partial charge in [-0.1, -0.05) is 46.0 Å². The minimum atomic E-state index is -2.35. The normalized spacial score (nSPS) is 13.1. The van der Waals surface area contributed by atoms with Crippen molar-refractivity contribution in [2.24, 2.45) is 0 Å². The monoisotopic (exact) mass is 279 g/mol. The summed E-state index contributed by atoms with van der Waals surface area (Å²) in [6.07, 6.45) is 7.08. The summed E-state index contributed by atoms with van der Waals surface area (Å²) in [4.78, 5) is 0. The van der Waals surface area contributed by atoms with Crippen molar-refractivity contribution >= 4 is 0 Å². The Kier molecular flexibility index (Phi) is 14.0. The van der Waals surface area contributed by atoms with Gasteiger partial charge in [0.1, 0.15) is 6.61 Å². The highest BCUT2D eigenvalue weighted by atomic mass is 19.3. The molecule has 0 saturated carbocycles. The fourth-order valence-electron chi connectivity index (χ4n) is 2.09. The fourth-order valence-corrected chi connectivity index (χ4v) is 2.09. The first-order valence-electron chi connectivity index (χ1n) is 7.79. The number of halogens is 2. The molecule has 1 N–H and O–H groups in total. The molecule has 0 aliphatic rings. The molecule has 0 radical (unpaired) electrons. The Bertz CT molecular complexity index is 180. The molecule has 0 heterocycles. The van der Waals surface area contributed by atoms with Crippen molar-refractivity contribution in [1.29, 1.82) is 0 Å². The molecule has 0 spiro atoms. The molecule has 0 aliphatic heterocycles. The molecular weight excluding hydrogens is 248 g/mol. The average molecular weight is 279 g/mol. The second kappa shape index (κ2) is 14.2. The molecule has 0 fully saturated rings. The number of alkyl halides is 2. The van der Waals surface area contributed by atoms with Gasteiger partial charge in [0, 0.05) is 12.6 Å². The highest BCUT2D eigenvalue weighted by Gasteiger charge is 2.08. The van der Waals surface area contributed by atoms with E-state index in [2.05, 4.69) is 19.2 Å². The van der Waals surface area contributed by atoms with E-state index in [4.69, 9.17) is 4.74 Å². The van der Waals surface area contributed by atoms with Gasteiger partial charge in [-0.2, -0.15) is 0 Å². The van der Waals surface area contributed by atoms with Gasteiger partial charge in [-0.3, -0.25) is 0 Å². The van der Waals surface area contributed by atoms with E-state index < -0.39 is 13.0 Å². The molecule has 0 bridgehead atoms. The third-order valence-corrected chi connectivity index (χ3v) is 3.19. The topological polar surface area (TPSA) is 21.3 Å². The van der Waals surface area contributed by atoms with Crippen LogP contribution in [0.15, 0.2) is 0 Å². The van der Waals surface area contributed by atoms with Gasteiger partial charge in [0.15, 0.2) is 0 Å². The molecule has 1 unspecified atom stereocenters. The van der Waals surface area contributed by atoms with Gasteiger partial charge in [-0.05, 0) is 25.8 Å². The molecular formula is C15H31F2NO. The van der Waals surface area contributed by atoms with Crippen LogP contribution in [0.25, 0.3) is 0 Å². The lowest BCUT2D eigenvalue weighted by Gasteiger charge is -2.18. The maximum Gasteiger partial charge on any atom is 0.261 e. The van der Waals surface area contributed by atoms with Crippen LogP contribution >= 0.6 is 0 Å². The predicted molar refractivity (Wildman–Crippen MR) is 76.9 cm³/mol. The third kappa shape index (κ3) is 14.0. The van der Waals surface area contributed by atoms with E-state index in [0.717, 1.165) is 25.8 Å². The number of rotatable bonds is 14. The Morgan fingerprint density at radius 2 is 1.68 bits per heavy atom. The minimum absolute atomic E-state index is 0.416. The van der Waals surface area contributed by atoms with Gasteiger partial charge in [-0.15, -0.1) is 0 Å². The lowest BCUT2D eigenvalue weighted by molar-refractivity contribution is 0.0141. The van der Waals surface area contributed by atoms with Gasteiger partial charge < -0.3 is 10.1 Å². The Morgan fingerprint density at radius 3 is 2.32 bits per heavy atom. The highest BCUT2D eigenvalue weighted by molar-refractivity contribution is 4.66. The Balaban J connectivity index is 3.62. The number of hydrogen-bond donors (Lipinski definition) is 1. The van der Waals surface area contributed by atoms with Crippen LogP contribution < -0.4 is 5.32 Å². The Hall–Kier alpha value is -0.220. The van der Waals surface area contributed by atoms with Gasteiger partial charge in [-0.25, -0.2) is 8.78 Å². The van der Waals surface area contributed by atoms with E-state index in [9.17, 15) is 8.78 Å². The minimum Gasteiger partial charge on any atom is -0.375 e. The van der Waals surface area contributed by atoms with Crippen molar-refractivity contribution in [1.82, 2.24) is 5.32 Å². The number of nitrogens with one attached hydrogen (secondary N) is 1. The zero-order valence-corrected chi connectivity index (χ0v) is 12.6. The molecule has 1 atom stereocenters. The molecule has 4 heteroatoms. The van der Waals surface area contributed by atoms with Crippen LogP contribution in [-0.4, -0.2) is 32.2 Å². The second-order valence-corrected chi connectivity index (χ2v) is 5.11. The molecule has 0 aromatic carbocycles. The molecule has 0 aliphatic carbocycles. The van der Waals surface area contributed by atoms with Crippen molar-refractivity contribution in [3.8, 4) is 0 Å². The average Bonchev–Trinajstić information content (AvgIpc) is 2.39. The van der Waals surface area contributed by atoms with Crippen LogP contribution in [-0.2, 0) is 4.74 Å². The summed E-state index contributed by atoms with van der Waals surface area (Å²) in [6, 6.07) is 0.416. The number of hydrogen-bond acceptors (Lipinski definition) is 2. The van der Waals surface area contributed by atoms with Crippen molar-refractivity contribution in [2.45, 2.75) is 77.7 Å². The van der Waals surface area contributed by atoms with Crippen molar-refractivity contribution in [2.75, 3.05) is 19.8 Å². The van der Waals surface area contributed by atoms with Crippen LogP contribution in [0.2, 0.25) is 0 Å². The molecule has 0 saturated heterocycles. The standard InChI is InChI=1S/C15H31F2NO/c1-3-5-6-7-8-9-14(18-11-4-2)10-12-19-13-15(16)17/h14-15,18H,3-13H2,1-2H3. The van der Waals surface area contributed by atoms with E-state index in [-0.39, 0.29) is 0 Å². The Labute approximate surface area is 117 Å². The summed E-state index contributed by atoms with van der Waals surface area (Å²) in [5.74, 6) is 0. The highest BCUT2D eigenvalue weighted by Crippen LogP contribution is 2.10. The summed E-state index contributed by atoms with van der Waals surface area (Å²) >= 11 is 0. The molecule has 2 nitrogen and oxygen atoms in total. The van der Waals surface area contributed by atoms with E-state index in [1.807, 2.05) is 0 Å². The Morgan fingerprint density at radius 1 is 0.947 bits per heavy atom. The quantitative estimate of drug-likeness (QED) is 0.476. The zero-order chi connectivity index (χ0) is 14.3. The van der Waals surface area contributed by atoms with Gasteiger partial charge in [0.05, 0.1) is 0 Å². The van der Waals surface area contributed by atoms with Gasteiger partial charge in [0.25, 0.3) is 6.43 Å². The summed E-state index contributed by atoms with van der Waals surface area (Å²) in [7, 11) is 0. The maximum atomic E-state index is 11.9. The van der Waals surface area contributed by atoms with Gasteiger partial charge >= 0.3 is 0 Å². The molecule has 0 amide bonds. The van der Waals surface area contributed by atoms with Crippen LogP contribution in [0.5, 0.6) is 0 Å². The van der Waals surface area contributed by atoms with Crippen LogP contribution in [0.3, 0.4) is 0 Å². The molecule has 116 valence electrons. The first kappa shape index (κ1) is 18.8. The summed E-state index contributed by atoms with van der Waals surface area (Å²) in [5, 5.41) is 3.48.